The number of halogens is 2. The standard InChI is InChI=1S/C19H21BrClN5O/c1-13-18(20)14(2)26(24-13)11-15-5-3-6-16(9-15)19(27)22-7-4-8-25-12-17(21)10-23-25/h3,5-6,9-10,12H,4,7-8,11H2,1-2H3,(H,22,27). The second kappa shape index (κ2) is 8.71. The van der Waals surface area contributed by atoms with Crippen molar-refractivity contribution in [3.05, 3.63) is 68.7 Å². The summed E-state index contributed by atoms with van der Waals surface area (Å²) in [5.41, 5.74) is 3.71. The van der Waals surface area contributed by atoms with Gasteiger partial charge in [-0.1, -0.05) is 23.7 Å². The fourth-order valence-corrected chi connectivity index (χ4v) is 3.26. The smallest absolute Gasteiger partial charge is 0.251 e. The average Bonchev–Trinajstić information content (AvgIpc) is 3.17. The van der Waals surface area contributed by atoms with Crippen molar-refractivity contribution in [2.24, 2.45) is 0 Å². The van der Waals surface area contributed by atoms with Crippen molar-refractivity contribution in [3.8, 4) is 0 Å². The first-order chi connectivity index (χ1) is 12.9. The highest BCUT2D eigenvalue weighted by atomic mass is 79.9. The number of nitrogens with one attached hydrogen (secondary N) is 1. The molecule has 6 nitrogen and oxygen atoms in total. The number of nitrogens with zero attached hydrogens (tertiary/aromatic N) is 4. The molecule has 0 atom stereocenters. The minimum atomic E-state index is -0.0788. The molecule has 0 saturated heterocycles. The number of amides is 1. The minimum absolute atomic E-state index is 0.0788. The Morgan fingerprint density at radius 2 is 2.15 bits per heavy atom. The third-order valence-electron chi connectivity index (χ3n) is 4.27. The molecule has 0 radical (unpaired) electrons. The molecule has 0 bridgehead atoms. The Morgan fingerprint density at radius 3 is 2.81 bits per heavy atom. The molecule has 1 aromatic carbocycles. The van der Waals surface area contributed by atoms with Gasteiger partial charge in [-0.3, -0.25) is 14.2 Å². The van der Waals surface area contributed by atoms with Crippen LogP contribution < -0.4 is 5.32 Å². The number of aryl methyl sites for hydroxylation is 2. The quantitative estimate of drug-likeness (QED) is 0.554. The molecule has 0 unspecified atom stereocenters. The molecule has 0 aliphatic heterocycles. The van der Waals surface area contributed by atoms with Crippen molar-refractivity contribution in [2.45, 2.75) is 33.4 Å². The molecule has 2 heterocycles. The molecule has 0 aliphatic carbocycles. The molecular formula is C19H21BrClN5O. The van der Waals surface area contributed by atoms with Crippen molar-refractivity contribution in [1.29, 1.82) is 0 Å². The number of hydrogen-bond acceptors (Lipinski definition) is 3. The van der Waals surface area contributed by atoms with Gasteiger partial charge in [0.05, 0.1) is 33.6 Å². The summed E-state index contributed by atoms with van der Waals surface area (Å²) in [5.74, 6) is -0.0788. The van der Waals surface area contributed by atoms with E-state index in [9.17, 15) is 4.79 Å². The lowest BCUT2D eigenvalue weighted by molar-refractivity contribution is 0.0952. The second-order valence-electron chi connectivity index (χ2n) is 6.37. The highest BCUT2D eigenvalue weighted by Crippen LogP contribution is 2.20. The van der Waals surface area contributed by atoms with E-state index in [1.807, 2.05) is 42.8 Å². The maximum atomic E-state index is 12.4. The lowest BCUT2D eigenvalue weighted by Gasteiger charge is -2.08. The molecule has 3 aromatic rings. The first-order valence-electron chi connectivity index (χ1n) is 8.68. The van der Waals surface area contributed by atoms with E-state index in [-0.39, 0.29) is 5.91 Å². The third kappa shape index (κ3) is 4.99. The number of rotatable bonds is 7. The van der Waals surface area contributed by atoms with Gasteiger partial charge in [0.1, 0.15) is 0 Å². The van der Waals surface area contributed by atoms with Gasteiger partial charge in [-0.15, -0.1) is 0 Å². The van der Waals surface area contributed by atoms with Gasteiger partial charge in [0.25, 0.3) is 5.91 Å². The summed E-state index contributed by atoms with van der Waals surface area (Å²) in [6, 6.07) is 7.63. The molecule has 0 fully saturated rings. The van der Waals surface area contributed by atoms with E-state index in [0.29, 0.717) is 30.2 Å². The topological polar surface area (TPSA) is 64.7 Å². The van der Waals surface area contributed by atoms with Crippen LogP contribution in [-0.2, 0) is 13.1 Å². The van der Waals surface area contributed by atoms with Crippen LogP contribution in [0.1, 0.15) is 33.7 Å². The zero-order valence-electron chi connectivity index (χ0n) is 15.2. The molecular weight excluding hydrogens is 430 g/mol. The number of benzene rings is 1. The number of carbonyl (C=O) groups excluding carboxylic acids is 1. The van der Waals surface area contributed by atoms with E-state index < -0.39 is 0 Å². The SMILES string of the molecule is Cc1nn(Cc2cccc(C(=O)NCCCn3cc(Cl)cn3)c2)c(C)c1Br. The monoisotopic (exact) mass is 449 g/mol. The Kier molecular flexibility index (Phi) is 6.34. The molecule has 142 valence electrons. The highest BCUT2D eigenvalue weighted by molar-refractivity contribution is 9.10. The fourth-order valence-electron chi connectivity index (χ4n) is 2.82. The Labute approximate surface area is 171 Å². The zero-order valence-corrected chi connectivity index (χ0v) is 17.6. The molecule has 8 heteroatoms. The summed E-state index contributed by atoms with van der Waals surface area (Å²) in [6.07, 6.45) is 4.15. The van der Waals surface area contributed by atoms with Crippen molar-refractivity contribution in [3.63, 3.8) is 0 Å². The van der Waals surface area contributed by atoms with Crippen LogP contribution in [0, 0.1) is 13.8 Å². The van der Waals surface area contributed by atoms with Crippen LogP contribution in [0.25, 0.3) is 0 Å². The molecule has 0 aliphatic rings. The molecule has 1 N–H and O–H groups in total. The van der Waals surface area contributed by atoms with Gasteiger partial charge in [-0.05, 0) is 53.9 Å². The van der Waals surface area contributed by atoms with Gasteiger partial charge >= 0.3 is 0 Å². The van der Waals surface area contributed by atoms with Crippen molar-refractivity contribution >= 4 is 33.4 Å². The summed E-state index contributed by atoms with van der Waals surface area (Å²) < 4.78 is 4.72. The minimum Gasteiger partial charge on any atom is -0.352 e. The van der Waals surface area contributed by atoms with Crippen LogP contribution in [0.3, 0.4) is 0 Å². The molecule has 27 heavy (non-hydrogen) atoms. The lowest BCUT2D eigenvalue weighted by atomic mass is 10.1. The molecule has 0 spiro atoms. The summed E-state index contributed by atoms with van der Waals surface area (Å²) in [7, 11) is 0. The summed E-state index contributed by atoms with van der Waals surface area (Å²) in [5, 5.41) is 12.2. The molecule has 3 rings (SSSR count). The van der Waals surface area contributed by atoms with Gasteiger partial charge in [0, 0.05) is 24.8 Å². The van der Waals surface area contributed by atoms with Crippen molar-refractivity contribution in [2.75, 3.05) is 6.54 Å². The van der Waals surface area contributed by atoms with Crippen LogP contribution in [0.2, 0.25) is 5.02 Å². The van der Waals surface area contributed by atoms with Gasteiger partial charge in [-0.2, -0.15) is 10.2 Å². The van der Waals surface area contributed by atoms with Crippen LogP contribution in [0.5, 0.6) is 0 Å². The van der Waals surface area contributed by atoms with Gasteiger partial charge in [0.15, 0.2) is 0 Å². The normalized spacial score (nSPS) is 11.0. The molecule has 0 saturated carbocycles. The Hall–Kier alpha value is -2.12. The molecule has 1 amide bonds. The third-order valence-corrected chi connectivity index (χ3v) is 5.61. The fraction of sp³-hybridized carbons (Fsp3) is 0.316. The maximum absolute atomic E-state index is 12.4. The van der Waals surface area contributed by atoms with E-state index >= 15 is 0 Å². The number of hydrogen-bond donors (Lipinski definition) is 1. The van der Waals surface area contributed by atoms with Gasteiger partial charge < -0.3 is 5.32 Å². The van der Waals surface area contributed by atoms with Crippen LogP contribution >= 0.6 is 27.5 Å². The number of carbonyl (C=O) groups is 1. The first kappa shape index (κ1) is 19.6. The van der Waals surface area contributed by atoms with Crippen LogP contribution in [0.15, 0.2) is 41.1 Å². The van der Waals surface area contributed by atoms with Gasteiger partial charge in [0.2, 0.25) is 0 Å². The maximum Gasteiger partial charge on any atom is 0.251 e. The van der Waals surface area contributed by atoms with Crippen LogP contribution in [-0.4, -0.2) is 32.0 Å². The highest BCUT2D eigenvalue weighted by Gasteiger charge is 2.10. The number of aromatic nitrogens is 4. The van der Waals surface area contributed by atoms with E-state index in [2.05, 4.69) is 31.4 Å². The van der Waals surface area contributed by atoms with Gasteiger partial charge in [-0.25, -0.2) is 0 Å². The van der Waals surface area contributed by atoms with Crippen molar-refractivity contribution in [1.82, 2.24) is 24.9 Å². The molecule has 2 aromatic heterocycles. The lowest BCUT2D eigenvalue weighted by Crippen LogP contribution is -2.25. The predicted molar refractivity (Wildman–Crippen MR) is 109 cm³/mol. The van der Waals surface area contributed by atoms with E-state index in [4.69, 9.17) is 11.6 Å². The van der Waals surface area contributed by atoms with Crippen molar-refractivity contribution < 1.29 is 4.79 Å². The first-order valence-corrected chi connectivity index (χ1v) is 9.85. The Balaban J connectivity index is 1.55. The second-order valence-corrected chi connectivity index (χ2v) is 7.60. The summed E-state index contributed by atoms with van der Waals surface area (Å²) in [4.78, 5) is 12.4. The van der Waals surface area contributed by atoms with Crippen LogP contribution in [0.4, 0.5) is 0 Å². The zero-order chi connectivity index (χ0) is 19.4. The van der Waals surface area contributed by atoms with E-state index in [1.54, 1.807) is 17.1 Å². The van der Waals surface area contributed by atoms with E-state index in [0.717, 1.165) is 27.8 Å². The predicted octanol–water partition coefficient (Wildman–Crippen LogP) is 3.98. The largest absolute Gasteiger partial charge is 0.352 e. The Morgan fingerprint density at radius 1 is 1.33 bits per heavy atom. The summed E-state index contributed by atoms with van der Waals surface area (Å²) >= 11 is 9.38. The Bertz CT molecular complexity index is 949. The van der Waals surface area contributed by atoms with E-state index in [1.165, 1.54) is 0 Å². The summed E-state index contributed by atoms with van der Waals surface area (Å²) in [6.45, 7) is 5.90. The average molecular weight is 451 g/mol.